The van der Waals surface area contributed by atoms with Gasteiger partial charge in [-0.1, -0.05) is 0 Å². The number of hydrogen-bond donors (Lipinski definition) is 0. The van der Waals surface area contributed by atoms with E-state index in [0.29, 0.717) is 18.2 Å². The number of nitro groups is 3. The number of nitrogens with zero attached hydrogens (tertiary/aromatic N) is 5. The molecule has 0 fully saturated rings. The predicted octanol–water partition coefficient (Wildman–Crippen LogP) is 1.44. The molecule has 0 radical (unpaired) electrons. The van der Waals surface area contributed by atoms with Crippen molar-refractivity contribution in [2.24, 2.45) is 0 Å². The van der Waals surface area contributed by atoms with Crippen molar-refractivity contribution in [1.82, 2.24) is 0 Å². The molecule has 11 nitrogen and oxygen atoms in total. The Balaban J connectivity index is 0.00000121. The summed E-state index contributed by atoms with van der Waals surface area (Å²) in [5, 5.41) is 42.9. The zero-order valence-electron chi connectivity index (χ0n) is 7.92. The van der Waals surface area contributed by atoms with Crippen LogP contribution in [0.4, 0.5) is 17.1 Å². The van der Waals surface area contributed by atoms with Crippen LogP contribution in [0.25, 0.3) is 0 Å². The first-order valence-electron chi connectivity index (χ1n) is 3.70. The topological polar surface area (TPSA) is 177 Å². The van der Waals surface area contributed by atoms with Gasteiger partial charge < -0.3 is 0 Å². The molecule has 0 heterocycles. The van der Waals surface area contributed by atoms with Crippen molar-refractivity contribution in [3.8, 4) is 0 Å². The second-order valence-corrected chi connectivity index (χ2v) is 2.48. The summed E-state index contributed by atoms with van der Waals surface area (Å²) in [6.45, 7) is 0. The van der Waals surface area contributed by atoms with Crippen LogP contribution in [0.1, 0.15) is 0 Å². The summed E-state index contributed by atoms with van der Waals surface area (Å²) < 4.78 is 0. The van der Waals surface area contributed by atoms with Gasteiger partial charge in [0.15, 0.2) is 0 Å². The summed E-state index contributed by atoms with van der Waals surface area (Å²) in [5.41, 5.74) is -2.05. The Morgan fingerprint density at radius 2 is 0.882 bits per heavy atom. The fraction of sp³-hybridized carbons (Fsp3) is 0. The van der Waals surface area contributed by atoms with Gasteiger partial charge in [-0.2, -0.15) is 0 Å². The zero-order valence-corrected chi connectivity index (χ0v) is 7.92. The minimum Gasteiger partial charge on any atom is -0.258 e. The minimum atomic E-state index is -0.931. The number of non-ortho nitro benzene ring substituents is 3. The molecular formula is C6H3N5O6. The van der Waals surface area contributed by atoms with Crippen molar-refractivity contribution >= 4 is 17.1 Å². The maximum Gasteiger partial charge on any atom is 0.283 e. The molecule has 0 aliphatic carbocycles. The molecule has 0 aromatic heterocycles. The summed E-state index contributed by atoms with van der Waals surface area (Å²) in [7, 11) is 0. The van der Waals surface area contributed by atoms with E-state index >= 15 is 0 Å². The van der Waals surface area contributed by atoms with E-state index in [9.17, 15) is 30.3 Å². The summed E-state index contributed by atoms with van der Waals surface area (Å²) >= 11 is 0. The van der Waals surface area contributed by atoms with E-state index < -0.39 is 31.8 Å². The van der Waals surface area contributed by atoms with E-state index in [1.165, 1.54) is 0 Å². The lowest BCUT2D eigenvalue weighted by Crippen LogP contribution is -1.96. The fourth-order valence-corrected chi connectivity index (χ4v) is 0.896. The average molecular weight is 241 g/mol. The molecule has 17 heavy (non-hydrogen) atoms. The normalized spacial score (nSPS) is 8.59. The third-order valence-electron chi connectivity index (χ3n) is 1.52. The molecule has 0 amide bonds. The molecule has 0 saturated carbocycles. The third-order valence-corrected chi connectivity index (χ3v) is 1.52. The Morgan fingerprint density at radius 1 is 0.706 bits per heavy atom. The van der Waals surface area contributed by atoms with E-state index in [4.69, 9.17) is 10.8 Å². The molecule has 1 aromatic rings. The number of rotatable bonds is 3. The number of nitro benzene ring substituents is 3. The van der Waals surface area contributed by atoms with Crippen molar-refractivity contribution in [3.05, 3.63) is 48.5 Å². The van der Waals surface area contributed by atoms with Crippen LogP contribution in [0.3, 0.4) is 0 Å². The highest BCUT2D eigenvalue weighted by Crippen LogP contribution is 2.26. The highest BCUT2D eigenvalue weighted by molar-refractivity contribution is 5.52. The van der Waals surface area contributed by atoms with Gasteiger partial charge in [-0.05, 0) is 0 Å². The van der Waals surface area contributed by atoms with Crippen molar-refractivity contribution in [1.29, 1.82) is 10.8 Å². The van der Waals surface area contributed by atoms with Crippen LogP contribution in [0.5, 0.6) is 0 Å². The molecule has 0 unspecified atom stereocenters. The molecular weight excluding hydrogens is 238 g/mol. The van der Waals surface area contributed by atoms with Gasteiger partial charge in [0.2, 0.25) is 0 Å². The standard InChI is InChI=1S/C6H3N3O6.N2/c10-7(11)4-1-5(8(12)13)3-6(2-4)9(14)15;1-2/h1-3H;. The summed E-state index contributed by atoms with van der Waals surface area (Å²) in [6, 6.07) is 1.98. The SMILES string of the molecule is N#N.O=[N+]([O-])c1cc([N+](=O)[O-])cc([N+](=O)[O-])c1. The summed E-state index contributed by atoms with van der Waals surface area (Å²) in [4.78, 5) is 28.1. The second kappa shape index (κ2) is 5.66. The fourth-order valence-electron chi connectivity index (χ4n) is 0.896. The van der Waals surface area contributed by atoms with Gasteiger partial charge in [0.05, 0.1) is 33.0 Å². The molecule has 0 N–H and O–H groups in total. The molecule has 0 aliphatic heterocycles. The van der Waals surface area contributed by atoms with Crippen LogP contribution in [0.2, 0.25) is 0 Å². The first kappa shape index (κ1) is 13.8. The van der Waals surface area contributed by atoms with Crippen molar-refractivity contribution in [2.45, 2.75) is 0 Å². The summed E-state index contributed by atoms with van der Waals surface area (Å²) in [6.07, 6.45) is 0. The van der Waals surface area contributed by atoms with E-state index in [-0.39, 0.29) is 0 Å². The van der Waals surface area contributed by atoms with Gasteiger partial charge in [-0.25, -0.2) is 0 Å². The molecule has 0 bridgehead atoms. The average Bonchev–Trinajstić information content (AvgIpc) is 2.30. The van der Waals surface area contributed by atoms with Crippen LogP contribution in [0.15, 0.2) is 18.2 Å². The Morgan fingerprint density at radius 3 is 1.00 bits per heavy atom. The highest BCUT2D eigenvalue weighted by Gasteiger charge is 2.21. The van der Waals surface area contributed by atoms with Crippen molar-refractivity contribution in [2.75, 3.05) is 0 Å². The predicted molar refractivity (Wildman–Crippen MR) is 49.9 cm³/mol. The van der Waals surface area contributed by atoms with Crippen molar-refractivity contribution in [3.63, 3.8) is 0 Å². The van der Waals surface area contributed by atoms with Crippen LogP contribution >= 0.6 is 0 Å². The number of hydrogen-bond acceptors (Lipinski definition) is 8. The Labute approximate surface area is 92.1 Å². The maximum absolute atomic E-state index is 10.3. The summed E-state index contributed by atoms with van der Waals surface area (Å²) in [5.74, 6) is 0. The third kappa shape index (κ3) is 3.47. The highest BCUT2D eigenvalue weighted by atomic mass is 16.6. The van der Waals surface area contributed by atoms with Gasteiger partial charge in [0.25, 0.3) is 17.1 Å². The lowest BCUT2D eigenvalue weighted by Gasteiger charge is -1.93. The zero-order chi connectivity index (χ0) is 13.6. The first-order valence-corrected chi connectivity index (χ1v) is 3.70. The van der Waals surface area contributed by atoms with Crippen LogP contribution < -0.4 is 0 Å². The molecule has 1 rings (SSSR count). The Kier molecular flexibility index (Phi) is 4.60. The monoisotopic (exact) mass is 241 g/mol. The van der Waals surface area contributed by atoms with E-state index in [1.807, 2.05) is 0 Å². The van der Waals surface area contributed by atoms with Crippen LogP contribution in [-0.4, -0.2) is 14.8 Å². The molecule has 0 atom stereocenters. The van der Waals surface area contributed by atoms with Gasteiger partial charge >= 0.3 is 0 Å². The molecule has 0 spiro atoms. The van der Waals surface area contributed by atoms with Crippen LogP contribution in [-0.2, 0) is 0 Å². The molecule has 88 valence electrons. The molecule has 0 saturated heterocycles. The van der Waals surface area contributed by atoms with E-state index in [1.54, 1.807) is 0 Å². The van der Waals surface area contributed by atoms with Gasteiger partial charge in [0.1, 0.15) is 0 Å². The van der Waals surface area contributed by atoms with Gasteiger partial charge in [-0.15, -0.1) is 0 Å². The Hall–Kier alpha value is -3.16. The lowest BCUT2D eigenvalue weighted by atomic mass is 10.2. The van der Waals surface area contributed by atoms with E-state index in [2.05, 4.69) is 0 Å². The molecule has 0 aliphatic rings. The lowest BCUT2D eigenvalue weighted by molar-refractivity contribution is -0.403. The molecule has 11 heteroatoms. The van der Waals surface area contributed by atoms with Gasteiger partial charge in [-0.3, -0.25) is 30.3 Å². The maximum atomic E-state index is 10.3. The smallest absolute Gasteiger partial charge is 0.258 e. The molecule has 1 aromatic carbocycles. The van der Waals surface area contributed by atoms with E-state index in [0.717, 1.165) is 0 Å². The Bertz CT molecular complexity index is 418. The van der Waals surface area contributed by atoms with Crippen LogP contribution in [0, 0.1) is 41.1 Å². The second-order valence-electron chi connectivity index (χ2n) is 2.48. The largest absolute Gasteiger partial charge is 0.283 e. The minimum absolute atomic E-state index is 0.660. The number of benzene rings is 1. The van der Waals surface area contributed by atoms with Gasteiger partial charge in [0, 0.05) is 10.8 Å². The van der Waals surface area contributed by atoms with Crippen molar-refractivity contribution < 1.29 is 14.8 Å². The quantitative estimate of drug-likeness (QED) is 0.433. The first-order chi connectivity index (χ1) is 7.91.